The fraction of sp³-hybridized carbons (Fsp3) is 0.971. The van der Waals surface area contributed by atoms with Crippen molar-refractivity contribution in [3.63, 3.8) is 0 Å². The molecule has 4 fully saturated rings. The standard InChI is InChI=1S/C35H64N2O6/c1-22-20-25(29(38)34(6,7)41)42-28-24(22)12-10-11-16-35-17-15-27(43-31(40)36-18-19-37(8)9)33(4,5)26(35)14-13-23(21-35)32(2,3)30(28)39/h22-30,38-39,41H,10-21H2,1-9H3,(H,36,40)/t22-,23?,24+,25?,26+,27+,28?,29+,30+,35?/m1/s1. The van der Waals surface area contributed by atoms with E-state index in [0.29, 0.717) is 24.8 Å². The Balaban J connectivity index is 1.55. The molecule has 43 heavy (non-hydrogen) atoms. The van der Waals surface area contributed by atoms with Crippen molar-refractivity contribution < 1.29 is 29.6 Å². The summed E-state index contributed by atoms with van der Waals surface area (Å²) in [4.78, 5) is 14.8. The lowest BCUT2D eigenvalue weighted by molar-refractivity contribution is -0.229. The number of alkyl carbamates (subject to hydrolysis) is 1. The van der Waals surface area contributed by atoms with Crippen LogP contribution in [0.5, 0.6) is 0 Å². The molecule has 8 heteroatoms. The molecule has 3 aliphatic carbocycles. The van der Waals surface area contributed by atoms with Gasteiger partial charge in [0.05, 0.1) is 23.9 Å². The number of fused-ring (bicyclic) bond motifs is 2. The van der Waals surface area contributed by atoms with Gasteiger partial charge in [-0.1, -0.05) is 47.5 Å². The van der Waals surface area contributed by atoms with E-state index in [1.807, 2.05) is 19.0 Å². The molecule has 10 atom stereocenters. The second-order valence-corrected chi connectivity index (χ2v) is 17.0. The van der Waals surface area contributed by atoms with Gasteiger partial charge in [-0.2, -0.15) is 0 Å². The maximum absolute atomic E-state index is 12.7. The zero-order chi connectivity index (χ0) is 32.0. The lowest BCUT2D eigenvalue weighted by Crippen LogP contribution is -2.59. The van der Waals surface area contributed by atoms with E-state index in [0.717, 1.165) is 57.9 Å². The number of amides is 1. The predicted octanol–water partition coefficient (Wildman–Crippen LogP) is 5.37. The lowest BCUT2D eigenvalue weighted by Gasteiger charge is -2.61. The number of aliphatic hydroxyl groups excluding tert-OH is 2. The van der Waals surface area contributed by atoms with Gasteiger partial charge in [-0.15, -0.1) is 0 Å². The van der Waals surface area contributed by atoms with Crippen molar-refractivity contribution in [2.45, 2.75) is 149 Å². The van der Waals surface area contributed by atoms with E-state index in [1.54, 1.807) is 13.8 Å². The Morgan fingerprint density at radius 3 is 2.42 bits per heavy atom. The summed E-state index contributed by atoms with van der Waals surface area (Å²) in [5.74, 6) is 1.31. The van der Waals surface area contributed by atoms with Gasteiger partial charge >= 0.3 is 6.09 Å². The van der Waals surface area contributed by atoms with Gasteiger partial charge in [0.15, 0.2) is 0 Å². The summed E-state index contributed by atoms with van der Waals surface area (Å²) < 4.78 is 12.7. The molecule has 250 valence electrons. The van der Waals surface area contributed by atoms with Crippen LogP contribution in [0.3, 0.4) is 0 Å². The SMILES string of the molecule is C[C@@H]1CC([C@H](O)C(C)(C)O)OC2[C@H]1CCCCC13CC[C@H](OC(=O)NCCN(C)C)C(C)(C)[C@@H]1CCC(C3)C(C)(C)[C@H]2O. The van der Waals surface area contributed by atoms with Crippen LogP contribution in [-0.2, 0) is 9.47 Å². The minimum atomic E-state index is -1.27. The third-order valence-corrected chi connectivity index (χ3v) is 12.7. The molecule has 8 nitrogen and oxygen atoms in total. The number of carbonyl (C=O) groups is 1. The van der Waals surface area contributed by atoms with Crippen molar-refractivity contribution in [1.82, 2.24) is 10.2 Å². The highest BCUT2D eigenvalue weighted by Gasteiger charge is 2.59. The molecule has 0 aromatic heterocycles. The Labute approximate surface area is 261 Å². The smallest absolute Gasteiger partial charge is 0.407 e. The van der Waals surface area contributed by atoms with Crippen LogP contribution in [-0.4, -0.2) is 89.6 Å². The number of hydrogen-bond acceptors (Lipinski definition) is 7. The number of hydrogen-bond donors (Lipinski definition) is 4. The molecule has 4 aliphatic rings. The van der Waals surface area contributed by atoms with Crippen molar-refractivity contribution in [3.05, 3.63) is 0 Å². The molecule has 0 aromatic rings. The summed E-state index contributed by atoms with van der Waals surface area (Å²) in [6.07, 6.45) is 7.29. The number of likely N-dealkylation sites (N-methyl/N-ethyl adjacent to an activating group) is 1. The number of rotatable bonds is 6. The first-order chi connectivity index (χ1) is 19.9. The highest BCUT2D eigenvalue weighted by molar-refractivity contribution is 5.67. The van der Waals surface area contributed by atoms with Crippen LogP contribution < -0.4 is 5.32 Å². The second kappa shape index (κ2) is 13.1. The largest absolute Gasteiger partial charge is 0.446 e. The molecule has 1 aliphatic heterocycles. The first kappa shape index (κ1) is 34.9. The highest BCUT2D eigenvalue weighted by Crippen LogP contribution is 2.64. The summed E-state index contributed by atoms with van der Waals surface area (Å²) >= 11 is 0. The average Bonchev–Trinajstić information content (AvgIpc) is 2.91. The van der Waals surface area contributed by atoms with E-state index in [-0.39, 0.29) is 46.4 Å². The van der Waals surface area contributed by atoms with E-state index in [1.165, 1.54) is 6.42 Å². The van der Waals surface area contributed by atoms with Gasteiger partial charge in [0.2, 0.25) is 0 Å². The van der Waals surface area contributed by atoms with E-state index in [9.17, 15) is 20.1 Å². The number of aliphatic hydroxyl groups is 3. The van der Waals surface area contributed by atoms with Gasteiger partial charge in [-0.05, 0) is 114 Å². The predicted molar refractivity (Wildman–Crippen MR) is 170 cm³/mol. The molecule has 1 spiro atoms. The topological polar surface area (TPSA) is 111 Å². The normalized spacial score (nSPS) is 40.4. The average molecular weight is 609 g/mol. The van der Waals surface area contributed by atoms with Gasteiger partial charge in [0.1, 0.15) is 12.2 Å². The van der Waals surface area contributed by atoms with Crippen LogP contribution in [0.25, 0.3) is 0 Å². The van der Waals surface area contributed by atoms with Gasteiger partial charge in [-0.3, -0.25) is 0 Å². The molecule has 1 saturated heterocycles. The summed E-state index contributed by atoms with van der Waals surface area (Å²) in [7, 11) is 3.99. The molecule has 1 heterocycles. The number of nitrogens with one attached hydrogen (secondary N) is 1. The zero-order valence-electron chi connectivity index (χ0n) is 28.7. The van der Waals surface area contributed by atoms with Gasteiger partial charge in [0.25, 0.3) is 0 Å². The Morgan fingerprint density at radius 1 is 1.07 bits per heavy atom. The van der Waals surface area contributed by atoms with E-state index >= 15 is 0 Å². The maximum atomic E-state index is 12.7. The zero-order valence-corrected chi connectivity index (χ0v) is 28.7. The van der Waals surface area contributed by atoms with E-state index in [2.05, 4.69) is 39.9 Å². The van der Waals surface area contributed by atoms with Crippen LogP contribution >= 0.6 is 0 Å². The minimum absolute atomic E-state index is 0.105. The fourth-order valence-corrected chi connectivity index (χ4v) is 9.82. The monoisotopic (exact) mass is 608 g/mol. The first-order valence-electron chi connectivity index (χ1n) is 17.2. The minimum Gasteiger partial charge on any atom is -0.446 e. The van der Waals surface area contributed by atoms with Crippen molar-refractivity contribution >= 4 is 6.09 Å². The number of nitrogens with zero attached hydrogens (tertiary/aromatic N) is 1. The Bertz CT molecular complexity index is 947. The Hall–Kier alpha value is -0.930. The summed E-state index contributed by atoms with van der Waals surface area (Å²) in [5, 5.41) is 36.7. The highest BCUT2D eigenvalue weighted by atomic mass is 16.6. The van der Waals surface area contributed by atoms with Crippen LogP contribution in [0.1, 0.15) is 113 Å². The third kappa shape index (κ3) is 7.24. The van der Waals surface area contributed by atoms with Gasteiger partial charge < -0.3 is 35.0 Å². The van der Waals surface area contributed by atoms with Gasteiger partial charge in [-0.25, -0.2) is 4.79 Å². The van der Waals surface area contributed by atoms with Crippen molar-refractivity contribution in [3.8, 4) is 0 Å². The molecular weight excluding hydrogens is 544 g/mol. The van der Waals surface area contributed by atoms with Crippen LogP contribution in [0.2, 0.25) is 0 Å². The molecule has 4 unspecified atom stereocenters. The maximum Gasteiger partial charge on any atom is 0.407 e. The van der Waals surface area contributed by atoms with E-state index < -0.39 is 23.9 Å². The molecule has 1 amide bonds. The molecule has 0 aromatic carbocycles. The third-order valence-electron chi connectivity index (χ3n) is 12.7. The molecule has 4 N–H and O–H groups in total. The molecule has 3 saturated carbocycles. The van der Waals surface area contributed by atoms with Crippen molar-refractivity contribution in [2.24, 2.45) is 39.9 Å². The molecular formula is C35H64N2O6. The fourth-order valence-electron chi connectivity index (χ4n) is 9.82. The summed E-state index contributed by atoms with van der Waals surface area (Å²) in [5.41, 5.74) is -1.59. The van der Waals surface area contributed by atoms with Gasteiger partial charge in [0, 0.05) is 18.5 Å². The molecule has 0 radical (unpaired) electrons. The first-order valence-corrected chi connectivity index (χ1v) is 17.2. The second-order valence-electron chi connectivity index (χ2n) is 17.0. The van der Waals surface area contributed by atoms with E-state index in [4.69, 9.17) is 9.47 Å². The van der Waals surface area contributed by atoms with Crippen molar-refractivity contribution in [1.29, 1.82) is 0 Å². The lowest BCUT2D eigenvalue weighted by atomic mass is 9.45. The van der Waals surface area contributed by atoms with Crippen molar-refractivity contribution in [2.75, 3.05) is 27.2 Å². The molecule has 2 bridgehead atoms. The quantitative estimate of drug-likeness (QED) is 0.321. The summed E-state index contributed by atoms with van der Waals surface area (Å²) in [6.45, 7) is 16.0. The number of carbonyl (C=O) groups excluding carboxylic acids is 1. The van der Waals surface area contributed by atoms with Crippen LogP contribution in [0.4, 0.5) is 4.79 Å². The summed E-state index contributed by atoms with van der Waals surface area (Å²) in [6, 6.07) is 0. The number of ether oxygens (including phenoxy) is 2. The molecule has 4 rings (SSSR count). The Morgan fingerprint density at radius 2 is 1.77 bits per heavy atom. The van der Waals surface area contributed by atoms with Crippen LogP contribution in [0, 0.1) is 39.9 Å². The Kier molecular flexibility index (Phi) is 10.6. The van der Waals surface area contributed by atoms with Crippen LogP contribution in [0.15, 0.2) is 0 Å².